The first kappa shape index (κ1) is 90.7. The van der Waals surface area contributed by atoms with Crippen LogP contribution < -0.4 is 5.32 Å². The number of hydrogen-bond donors (Lipinski definition) is 12. The average molecular weight is 1410 g/mol. The highest BCUT2D eigenvalue weighted by Crippen LogP contribution is 2.33. The molecule has 1 amide bonds. The van der Waals surface area contributed by atoms with Crippen molar-refractivity contribution < 1.29 is 89.4 Å². The van der Waals surface area contributed by atoms with Gasteiger partial charge in [0.1, 0.15) is 73.2 Å². The molecule has 19 nitrogen and oxygen atoms in total. The second-order valence-electron chi connectivity index (χ2n) is 28.5. The number of ether oxygens (including phenoxy) is 6. The molecule has 0 saturated carbocycles. The predicted octanol–water partition coefficient (Wildman–Crippen LogP) is 13.1. The lowest BCUT2D eigenvalue weighted by molar-refractivity contribution is -0.379. The number of allylic oxidation sites excluding steroid dienone is 9. The lowest BCUT2D eigenvalue weighted by Gasteiger charge is -2.48. The Kier molecular flexibility index (Phi) is 55.6. The zero-order valence-corrected chi connectivity index (χ0v) is 61.7. The van der Waals surface area contributed by atoms with E-state index in [-0.39, 0.29) is 18.9 Å². The molecule has 0 aromatic carbocycles. The van der Waals surface area contributed by atoms with Gasteiger partial charge in [-0.05, 0) is 77.0 Å². The first-order chi connectivity index (χ1) is 48.3. The first-order valence-electron chi connectivity index (χ1n) is 40.0. The fourth-order valence-corrected chi connectivity index (χ4v) is 13.3. The van der Waals surface area contributed by atoms with Crippen LogP contribution in [0.2, 0.25) is 0 Å². The van der Waals surface area contributed by atoms with Gasteiger partial charge in [-0.15, -0.1) is 0 Å². The van der Waals surface area contributed by atoms with Crippen molar-refractivity contribution in [3.63, 3.8) is 0 Å². The van der Waals surface area contributed by atoms with Crippen molar-refractivity contribution in [2.75, 3.05) is 26.4 Å². The van der Waals surface area contributed by atoms with Gasteiger partial charge in [0.15, 0.2) is 18.9 Å². The van der Waals surface area contributed by atoms with Gasteiger partial charge in [0, 0.05) is 6.42 Å². The number of unbranched alkanes of at least 4 members (excludes halogenated alkanes) is 39. The van der Waals surface area contributed by atoms with Crippen molar-refractivity contribution in [1.29, 1.82) is 0 Å². The van der Waals surface area contributed by atoms with Crippen LogP contribution in [0.4, 0.5) is 0 Å². The van der Waals surface area contributed by atoms with E-state index < -0.39 is 124 Å². The van der Waals surface area contributed by atoms with E-state index >= 15 is 0 Å². The Morgan fingerprint density at radius 3 is 1.07 bits per heavy atom. The van der Waals surface area contributed by atoms with Crippen LogP contribution in [-0.2, 0) is 33.2 Å². The third-order valence-corrected chi connectivity index (χ3v) is 19.8. The van der Waals surface area contributed by atoms with Gasteiger partial charge >= 0.3 is 0 Å². The third kappa shape index (κ3) is 41.1. The number of carbonyl (C=O) groups excluding carboxylic acids is 1. The first-order valence-corrected chi connectivity index (χ1v) is 40.0. The van der Waals surface area contributed by atoms with Crippen LogP contribution in [-0.4, -0.2) is 193 Å². The van der Waals surface area contributed by atoms with Crippen molar-refractivity contribution in [2.24, 2.45) is 0 Å². The van der Waals surface area contributed by atoms with Crippen molar-refractivity contribution >= 4 is 5.91 Å². The normalized spacial score (nSPS) is 26.9. The highest BCUT2D eigenvalue weighted by Gasteiger charge is 2.54. The van der Waals surface area contributed by atoms with E-state index in [1.165, 1.54) is 225 Å². The number of hydrogen-bond acceptors (Lipinski definition) is 18. The van der Waals surface area contributed by atoms with Gasteiger partial charge in [-0.25, -0.2) is 0 Å². The summed E-state index contributed by atoms with van der Waals surface area (Å²) in [6.07, 6.45) is 50.7. The SMILES string of the molecule is CCCCCCC/C=C\C/C=C\CCCCCCCCCCCCCCCC(=O)NC(COC1OC(CO)C(OC2OC(CO)C(OC3OC(CO)C(O)C(O)C3O)C(O)C2O)C(O)C1O)C(O)/C=C/CC/C=C/CC/C=C/CCCCCCCCCCCCCCCCCCCCC. The van der Waals surface area contributed by atoms with E-state index in [0.29, 0.717) is 12.8 Å². The molecule has 3 aliphatic rings. The molecule has 3 rings (SSSR count). The van der Waals surface area contributed by atoms with E-state index in [1.807, 2.05) is 6.08 Å². The highest BCUT2D eigenvalue weighted by molar-refractivity contribution is 5.76. The molecule has 99 heavy (non-hydrogen) atoms. The summed E-state index contributed by atoms with van der Waals surface area (Å²) >= 11 is 0. The molecule has 17 unspecified atom stereocenters. The molecule has 19 heteroatoms. The van der Waals surface area contributed by atoms with Crippen LogP contribution in [0.25, 0.3) is 0 Å². The maximum Gasteiger partial charge on any atom is 0.220 e. The van der Waals surface area contributed by atoms with Gasteiger partial charge in [0.05, 0.1) is 38.6 Å². The molecule has 578 valence electrons. The maximum absolute atomic E-state index is 13.5. The van der Waals surface area contributed by atoms with Crippen molar-refractivity contribution in [1.82, 2.24) is 5.32 Å². The highest BCUT2D eigenvalue weighted by atomic mass is 16.8. The molecular weight excluding hydrogens is 1260 g/mol. The summed E-state index contributed by atoms with van der Waals surface area (Å²) in [6, 6.07) is -1.00. The molecule has 12 N–H and O–H groups in total. The van der Waals surface area contributed by atoms with Crippen LogP contribution >= 0.6 is 0 Å². The number of carbonyl (C=O) groups is 1. The monoisotopic (exact) mass is 1410 g/mol. The Labute approximate surface area is 598 Å². The molecule has 3 aliphatic heterocycles. The molecule has 0 radical (unpaired) electrons. The summed E-state index contributed by atoms with van der Waals surface area (Å²) in [5.74, 6) is -0.288. The number of nitrogens with one attached hydrogen (secondary N) is 1. The minimum Gasteiger partial charge on any atom is -0.394 e. The molecule has 17 atom stereocenters. The number of aliphatic hydroxyl groups is 11. The van der Waals surface area contributed by atoms with Crippen molar-refractivity contribution in [2.45, 2.75) is 413 Å². The molecule has 3 heterocycles. The van der Waals surface area contributed by atoms with Gasteiger partial charge in [-0.1, -0.05) is 286 Å². The van der Waals surface area contributed by atoms with Crippen LogP contribution in [0.15, 0.2) is 60.8 Å². The Morgan fingerprint density at radius 2 is 0.677 bits per heavy atom. The number of rotatable bonds is 63. The summed E-state index contributed by atoms with van der Waals surface area (Å²) in [5.41, 5.74) is 0. The number of amides is 1. The van der Waals surface area contributed by atoms with E-state index in [0.717, 1.165) is 51.4 Å². The molecule has 0 aromatic rings. The standard InChI is InChI=1S/C80H145NO18/c1-3-5-7-9-11-13-15-17-19-21-23-25-27-29-30-31-32-34-35-37-39-41-43-45-47-49-51-53-55-57-64(85)63(81-68(86)58-56-54-52-50-48-46-44-42-40-38-36-33-28-26-24-22-20-18-16-14-12-10-8-6-4-2)62-94-78-74(92)71(89)76(66(60-83)96-78)99-80-75(93)72(90)77(67(61-84)97-80)98-79-73(91)70(88)69(87)65(59-82)95-79/h16,18,22,24,39,41,47,49,55,57,63-67,69-80,82-85,87-93H,3-15,17,19-21,23,25-38,40,42-46,48,50-54,56,58-62H2,1-2H3,(H,81,86)/b18-16-,24-22-,41-39+,49-47+,57-55+. The lowest BCUT2D eigenvalue weighted by atomic mass is 9.96. The summed E-state index contributed by atoms with van der Waals surface area (Å²) < 4.78 is 34.4. The Bertz CT molecular complexity index is 2020. The smallest absolute Gasteiger partial charge is 0.220 e. The summed E-state index contributed by atoms with van der Waals surface area (Å²) in [4.78, 5) is 13.5. The molecule has 0 bridgehead atoms. The van der Waals surface area contributed by atoms with Gasteiger partial charge in [-0.3, -0.25) is 4.79 Å². The van der Waals surface area contributed by atoms with Crippen LogP contribution in [0.3, 0.4) is 0 Å². The Balaban J connectivity index is 1.40. The van der Waals surface area contributed by atoms with E-state index in [9.17, 15) is 61.0 Å². The third-order valence-electron chi connectivity index (χ3n) is 19.8. The fourth-order valence-electron chi connectivity index (χ4n) is 13.3. The zero-order valence-electron chi connectivity index (χ0n) is 61.7. The lowest BCUT2D eigenvalue weighted by Crippen LogP contribution is -2.66. The molecular formula is C80H145NO18. The minimum absolute atomic E-state index is 0.230. The maximum atomic E-state index is 13.5. The van der Waals surface area contributed by atoms with E-state index in [4.69, 9.17) is 28.4 Å². The summed E-state index contributed by atoms with van der Waals surface area (Å²) in [7, 11) is 0. The van der Waals surface area contributed by atoms with Gasteiger partial charge in [0.2, 0.25) is 5.91 Å². The van der Waals surface area contributed by atoms with Crippen LogP contribution in [0, 0.1) is 0 Å². The van der Waals surface area contributed by atoms with E-state index in [2.05, 4.69) is 67.8 Å². The Hall–Kier alpha value is -2.51. The van der Waals surface area contributed by atoms with Crippen molar-refractivity contribution in [3.05, 3.63) is 60.8 Å². The molecule has 3 saturated heterocycles. The van der Waals surface area contributed by atoms with Gasteiger partial charge in [0.25, 0.3) is 0 Å². The quantitative estimate of drug-likeness (QED) is 0.0199. The second kappa shape index (κ2) is 60.7. The van der Waals surface area contributed by atoms with Crippen molar-refractivity contribution in [3.8, 4) is 0 Å². The second-order valence-corrected chi connectivity index (χ2v) is 28.5. The zero-order chi connectivity index (χ0) is 71.8. The average Bonchev–Trinajstić information content (AvgIpc) is 0.755. The largest absolute Gasteiger partial charge is 0.394 e. The predicted molar refractivity (Wildman–Crippen MR) is 392 cm³/mol. The van der Waals surface area contributed by atoms with E-state index in [1.54, 1.807) is 6.08 Å². The van der Waals surface area contributed by atoms with Crippen LogP contribution in [0.5, 0.6) is 0 Å². The Morgan fingerprint density at radius 1 is 0.364 bits per heavy atom. The van der Waals surface area contributed by atoms with Gasteiger partial charge in [-0.2, -0.15) is 0 Å². The molecule has 0 aromatic heterocycles. The summed E-state index contributed by atoms with van der Waals surface area (Å²) in [5, 5.41) is 121. The molecule has 0 aliphatic carbocycles. The molecule has 3 fully saturated rings. The van der Waals surface area contributed by atoms with Crippen LogP contribution in [0.1, 0.15) is 309 Å². The topological polar surface area (TPSA) is 307 Å². The number of aliphatic hydroxyl groups excluding tert-OH is 11. The minimum atomic E-state index is -1.98. The summed E-state index contributed by atoms with van der Waals surface area (Å²) in [6.45, 7) is 1.73. The molecule has 0 spiro atoms. The fraction of sp³-hybridized carbons (Fsp3) is 0.863. The van der Waals surface area contributed by atoms with Gasteiger partial charge < -0.3 is 89.9 Å².